The van der Waals surface area contributed by atoms with Crippen LogP contribution >= 0.6 is 0 Å². The molecule has 0 saturated carbocycles. The van der Waals surface area contributed by atoms with Gasteiger partial charge in [-0.25, -0.2) is 4.98 Å². The van der Waals surface area contributed by atoms with E-state index in [1.54, 1.807) is 0 Å². The topological polar surface area (TPSA) is 66.7 Å². The zero-order valence-electron chi connectivity index (χ0n) is 20.0. The normalized spacial score (nSPS) is 14.5. The van der Waals surface area contributed by atoms with Crippen molar-refractivity contribution in [1.29, 1.82) is 0 Å². The number of pyridine rings is 1. The SMILES string of the molecule is CC(C)CC(CNC=O)c1ccccc1.Cc1cccc2nc(C(=O)N3CCCCC3)cn12. The lowest BCUT2D eigenvalue weighted by molar-refractivity contribution is -0.109. The van der Waals surface area contributed by atoms with Crippen molar-refractivity contribution < 1.29 is 9.59 Å². The molecule has 1 aliphatic heterocycles. The summed E-state index contributed by atoms with van der Waals surface area (Å²) in [5.74, 6) is 1.14. The molecule has 3 aromatic rings. The highest BCUT2D eigenvalue weighted by molar-refractivity contribution is 5.93. The minimum Gasteiger partial charge on any atom is -0.358 e. The fourth-order valence-electron chi connectivity index (χ4n) is 4.33. The van der Waals surface area contributed by atoms with Gasteiger partial charge in [0.05, 0.1) is 0 Å². The Hall–Kier alpha value is -3.15. The van der Waals surface area contributed by atoms with E-state index in [0.29, 0.717) is 17.5 Å². The summed E-state index contributed by atoms with van der Waals surface area (Å²) in [6.45, 7) is 8.89. The summed E-state index contributed by atoms with van der Waals surface area (Å²) in [6, 6.07) is 16.3. The second-order valence-corrected chi connectivity index (χ2v) is 9.14. The smallest absolute Gasteiger partial charge is 0.274 e. The number of benzene rings is 1. The average molecular weight is 449 g/mol. The molecule has 0 radical (unpaired) electrons. The van der Waals surface area contributed by atoms with Crippen LogP contribution in [0.2, 0.25) is 0 Å². The second kappa shape index (κ2) is 12.2. The number of piperidine rings is 1. The third-order valence-corrected chi connectivity index (χ3v) is 6.03. The molecule has 33 heavy (non-hydrogen) atoms. The maximum absolute atomic E-state index is 12.3. The van der Waals surface area contributed by atoms with E-state index in [2.05, 4.69) is 36.3 Å². The van der Waals surface area contributed by atoms with Gasteiger partial charge in [0, 0.05) is 37.4 Å². The first kappa shape index (κ1) is 24.5. The number of carbonyl (C=O) groups is 2. The molecular formula is C27H36N4O2. The fraction of sp³-hybridized carbons (Fsp3) is 0.444. The largest absolute Gasteiger partial charge is 0.358 e. The van der Waals surface area contributed by atoms with E-state index in [0.717, 1.165) is 56.6 Å². The van der Waals surface area contributed by atoms with Crippen molar-refractivity contribution in [2.75, 3.05) is 19.6 Å². The van der Waals surface area contributed by atoms with Crippen molar-refractivity contribution in [3.8, 4) is 0 Å². The predicted molar refractivity (Wildman–Crippen MR) is 132 cm³/mol. The van der Waals surface area contributed by atoms with Gasteiger partial charge < -0.3 is 14.6 Å². The molecule has 3 heterocycles. The number of nitrogens with one attached hydrogen (secondary N) is 1. The molecule has 2 aromatic heterocycles. The quantitative estimate of drug-likeness (QED) is 0.527. The molecule has 1 atom stereocenters. The second-order valence-electron chi connectivity index (χ2n) is 9.14. The molecule has 0 bridgehead atoms. The van der Waals surface area contributed by atoms with Crippen LogP contribution in [0.4, 0.5) is 0 Å². The standard InChI is InChI=1S/C14H17N3O.C13H19NO/c1-11-6-5-7-13-15-12(10-17(11)13)14(18)16-8-3-2-4-9-16;1-11(2)8-13(9-14-10-15)12-6-4-3-5-7-12/h5-7,10H,2-4,8-9H2,1H3;3-7,10-11,13H,8-9H2,1-2H3,(H,14,15). The van der Waals surface area contributed by atoms with E-state index in [9.17, 15) is 9.59 Å². The van der Waals surface area contributed by atoms with Gasteiger partial charge >= 0.3 is 0 Å². The van der Waals surface area contributed by atoms with Crippen LogP contribution in [-0.2, 0) is 4.79 Å². The minimum absolute atomic E-state index is 0.0674. The molecule has 1 unspecified atom stereocenters. The molecule has 0 spiro atoms. The molecule has 4 rings (SSSR count). The summed E-state index contributed by atoms with van der Waals surface area (Å²) in [5, 5.41) is 2.77. The van der Waals surface area contributed by atoms with Crippen molar-refractivity contribution in [3.05, 3.63) is 71.7 Å². The van der Waals surface area contributed by atoms with E-state index in [1.165, 1.54) is 12.0 Å². The molecule has 1 aliphatic rings. The molecule has 2 amide bonds. The number of aromatic nitrogens is 2. The van der Waals surface area contributed by atoms with Gasteiger partial charge in [0.1, 0.15) is 11.3 Å². The Kier molecular flexibility index (Phi) is 9.04. The Morgan fingerprint density at radius 2 is 1.79 bits per heavy atom. The number of nitrogens with zero attached hydrogens (tertiary/aromatic N) is 3. The molecule has 176 valence electrons. The number of carbonyl (C=O) groups excluding carboxylic acids is 2. The highest BCUT2D eigenvalue weighted by Gasteiger charge is 2.20. The predicted octanol–water partition coefficient (Wildman–Crippen LogP) is 4.83. The van der Waals surface area contributed by atoms with Crippen molar-refractivity contribution >= 4 is 18.0 Å². The summed E-state index contributed by atoms with van der Waals surface area (Å²) in [5.41, 5.74) is 3.81. The maximum atomic E-state index is 12.3. The lowest BCUT2D eigenvalue weighted by Crippen LogP contribution is -2.35. The van der Waals surface area contributed by atoms with Gasteiger partial charge in [-0.15, -0.1) is 0 Å². The molecule has 6 nitrogen and oxygen atoms in total. The Morgan fingerprint density at radius 3 is 2.42 bits per heavy atom. The average Bonchev–Trinajstić information content (AvgIpc) is 3.28. The van der Waals surface area contributed by atoms with Gasteiger partial charge in [0.2, 0.25) is 6.41 Å². The van der Waals surface area contributed by atoms with Gasteiger partial charge in [-0.3, -0.25) is 9.59 Å². The molecule has 6 heteroatoms. The van der Waals surface area contributed by atoms with E-state index in [1.807, 2.05) is 58.8 Å². The van der Waals surface area contributed by atoms with Crippen LogP contribution < -0.4 is 5.32 Å². The van der Waals surface area contributed by atoms with Crippen LogP contribution in [0.15, 0.2) is 54.7 Å². The zero-order chi connectivity index (χ0) is 23.6. The Morgan fingerprint density at radius 1 is 1.06 bits per heavy atom. The summed E-state index contributed by atoms with van der Waals surface area (Å²) >= 11 is 0. The van der Waals surface area contributed by atoms with E-state index < -0.39 is 0 Å². The molecule has 1 aromatic carbocycles. The summed E-state index contributed by atoms with van der Waals surface area (Å²) in [7, 11) is 0. The number of hydrogen-bond donors (Lipinski definition) is 1. The number of amides is 2. The number of aryl methyl sites for hydroxylation is 1. The summed E-state index contributed by atoms with van der Waals surface area (Å²) < 4.78 is 1.97. The fourth-order valence-corrected chi connectivity index (χ4v) is 4.33. The summed E-state index contributed by atoms with van der Waals surface area (Å²) in [4.78, 5) is 29.0. The Bertz CT molecular complexity index is 1020. The number of rotatable bonds is 7. The monoisotopic (exact) mass is 448 g/mol. The number of likely N-dealkylation sites (tertiary alicyclic amines) is 1. The minimum atomic E-state index is 0.0674. The van der Waals surface area contributed by atoms with Gasteiger partial charge in [-0.2, -0.15) is 0 Å². The van der Waals surface area contributed by atoms with Crippen molar-refractivity contribution in [2.45, 2.75) is 52.4 Å². The zero-order valence-corrected chi connectivity index (χ0v) is 20.0. The molecule has 1 N–H and O–H groups in total. The first-order chi connectivity index (χ1) is 16.0. The maximum Gasteiger partial charge on any atom is 0.274 e. The Labute approximate surface area is 197 Å². The van der Waals surface area contributed by atoms with Crippen molar-refractivity contribution in [1.82, 2.24) is 19.6 Å². The lowest BCUT2D eigenvalue weighted by Gasteiger charge is -2.25. The third kappa shape index (κ3) is 6.91. The van der Waals surface area contributed by atoms with Crippen LogP contribution in [-0.4, -0.2) is 46.2 Å². The van der Waals surface area contributed by atoms with E-state index in [-0.39, 0.29) is 5.91 Å². The van der Waals surface area contributed by atoms with Gasteiger partial charge in [0.25, 0.3) is 5.91 Å². The van der Waals surface area contributed by atoms with Crippen LogP contribution in [0.5, 0.6) is 0 Å². The molecule has 0 aliphatic carbocycles. The molecular weight excluding hydrogens is 412 g/mol. The molecule has 1 fully saturated rings. The van der Waals surface area contributed by atoms with Crippen LogP contribution in [0.3, 0.4) is 0 Å². The van der Waals surface area contributed by atoms with E-state index in [4.69, 9.17) is 0 Å². The lowest BCUT2D eigenvalue weighted by atomic mass is 9.90. The van der Waals surface area contributed by atoms with Crippen LogP contribution in [0.25, 0.3) is 5.65 Å². The van der Waals surface area contributed by atoms with Crippen molar-refractivity contribution in [3.63, 3.8) is 0 Å². The highest BCUT2D eigenvalue weighted by atomic mass is 16.2. The number of fused-ring (bicyclic) bond motifs is 1. The van der Waals surface area contributed by atoms with Gasteiger partial charge in [0.15, 0.2) is 0 Å². The summed E-state index contributed by atoms with van der Waals surface area (Å²) in [6.07, 6.45) is 7.17. The third-order valence-electron chi connectivity index (χ3n) is 6.03. The first-order valence-electron chi connectivity index (χ1n) is 12.0. The van der Waals surface area contributed by atoms with E-state index >= 15 is 0 Å². The van der Waals surface area contributed by atoms with Crippen LogP contribution in [0.1, 0.15) is 67.2 Å². The van der Waals surface area contributed by atoms with Gasteiger partial charge in [-0.1, -0.05) is 50.2 Å². The van der Waals surface area contributed by atoms with Crippen molar-refractivity contribution in [2.24, 2.45) is 5.92 Å². The van der Waals surface area contributed by atoms with Gasteiger partial charge in [-0.05, 0) is 56.2 Å². The number of hydrogen-bond acceptors (Lipinski definition) is 3. The first-order valence-corrected chi connectivity index (χ1v) is 12.0. The highest BCUT2D eigenvalue weighted by Crippen LogP contribution is 2.22. The van der Waals surface area contributed by atoms with Crippen LogP contribution in [0, 0.1) is 12.8 Å². The number of imidazole rings is 1. The Balaban J connectivity index is 0.000000190. The molecule has 1 saturated heterocycles.